The molecule has 0 bridgehead atoms. The van der Waals surface area contributed by atoms with E-state index >= 15 is 0 Å². The lowest BCUT2D eigenvalue weighted by molar-refractivity contribution is 0.146. The number of aromatic nitrogens is 2. The first-order valence-electron chi connectivity index (χ1n) is 6.56. The summed E-state index contributed by atoms with van der Waals surface area (Å²) in [7, 11) is 0. The molecule has 2 aromatic rings. The smallest absolute Gasteiger partial charge is 0.282 e. The summed E-state index contributed by atoms with van der Waals surface area (Å²) in [4.78, 5) is 7.36. The van der Waals surface area contributed by atoms with Crippen LogP contribution in [0.5, 0.6) is 11.5 Å². The maximum Gasteiger partial charge on any atom is 0.282 e. The van der Waals surface area contributed by atoms with Gasteiger partial charge >= 0.3 is 0 Å². The van der Waals surface area contributed by atoms with E-state index in [1.807, 2.05) is 18.2 Å². The number of nitrogens with one attached hydrogen (secondary N) is 1. The number of nitrogens with zero attached hydrogens (tertiary/aromatic N) is 2. The minimum Gasteiger partial charge on any atom is -0.454 e. The van der Waals surface area contributed by atoms with Gasteiger partial charge in [-0.2, -0.15) is 0 Å². The highest BCUT2D eigenvalue weighted by molar-refractivity contribution is 6.33. The van der Waals surface area contributed by atoms with E-state index in [1.54, 1.807) is 0 Å². The molecule has 1 aliphatic rings. The fourth-order valence-corrected chi connectivity index (χ4v) is 2.33. The zero-order valence-corrected chi connectivity index (χ0v) is 12.1. The Morgan fingerprint density at radius 1 is 1.23 bits per heavy atom. The molecule has 1 aromatic heterocycles. The number of anilines is 1. The molecule has 1 N–H and O–H groups in total. The molecule has 8 heteroatoms. The van der Waals surface area contributed by atoms with Crippen molar-refractivity contribution in [3.8, 4) is 11.5 Å². The third kappa shape index (κ3) is 3.04. The summed E-state index contributed by atoms with van der Waals surface area (Å²) in [5.74, 6) is 1.63. The van der Waals surface area contributed by atoms with Crippen LogP contribution in [0.4, 0.5) is 14.6 Å². The maximum absolute atomic E-state index is 12.7. The molecule has 1 aliphatic heterocycles. The van der Waals surface area contributed by atoms with Gasteiger partial charge in [0.2, 0.25) is 6.79 Å². The van der Waals surface area contributed by atoms with Crippen molar-refractivity contribution in [3.05, 3.63) is 40.8 Å². The Labute approximate surface area is 130 Å². The number of ether oxygens (including phenoxy) is 2. The molecule has 2 heterocycles. The van der Waals surface area contributed by atoms with Gasteiger partial charge in [0.1, 0.15) is 22.9 Å². The standard InChI is InChI=1S/C14H12ClF2N3O2/c15-11-12(13(16)17)19-6-20-14(11)18-4-3-8-1-2-9-10(5-8)22-7-21-9/h1-2,5-6,13H,3-4,7H2,(H,18,19,20). The van der Waals surface area contributed by atoms with Gasteiger partial charge in [-0.1, -0.05) is 17.7 Å². The van der Waals surface area contributed by atoms with Crippen molar-refractivity contribution in [1.82, 2.24) is 9.97 Å². The molecule has 0 saturated carbocycles. The number of halogens is 3. The number of hydrogen-bond donors (Lipinski definition) is 1. The predicted molar refractivity (Wildman–Crippen MR) is 76.8 cm³/mol. The Hall–Kier alpha value is -2.15. The molecular weight excluding hydrogens is 316 g/mol. The van der Waals surface area contributed by atoms with E-state index in [-0.39, 0.29) is 17.6 Å². The van der Waals surface area contributed by atoms with Crippen molar-refractivity contribution in [3.63, 3.8) is 0 Å². The summed E-state index contributed by atoms with van der Waals surface area (Å²) in [5, 5.41) is 2.79. The maximum atomic E-state index is 12.7. The monoisotopic (exact) mass is 327 g/mol. The fraction of sp³-hybridized carbons (Fsp3) is 0.286. The quantitative estimate of drug-likeness (QED) is 0.911. The molecule has 0 saturated heterocycles. The van der Waals surface area contributed by atoms with Crippen LogP contribution in [0.3, 0.4) is 0 Å². The molecule has 0 unspecified atom stereocenters. The first-order chi connectivity index (χ1) is 10.6. The fourth-order valence-electron chi connectivity index (χ4n) is 2.08. The molecule has 0 aliphatic carbocycles. The van der Waals surface area contributed by atoms with E-state index in [2.05, 4.69) is 15.3 Å². The van der Waals surface area contributed by atoms with Crippen LogP contribution >= 0.6 is 11.6 Å². The second-order valence-electron chi connectivity index (χ2n) is 4.59. The van der Waals surface area contributed by atoms with Gasteiger partial charge in [0, 0.05) is 6.54 Å². The van der Waals surface area contributed by atoms with E-state index in [1.165, 1.54) is 0 Å². The first kappa shape index (κ1) is 14.8. The van der Waals surface area contributed by atoms with Crippen LogP contribution in [-0.4, -0.2) is 23.3 Å². The van der Waals surface area contributed by atoms with E-state index < -0.39 is 12.1 Å². The average molecular weight is 328 g/mol. The lowest BCUT2D eigenvalue weighted by atomic mass is 10.1. The van der Waals surface area contributed by atoms with Gasteiger partial charge in [0.15, 0.2) is 11.5 Å². The molecule has 0 amide bonds. The number of alkyl halides is 2. The molecule has 116 valence electrons. The van der Waals surface area contributed by atoms with Crippen molar-refractivity contribution in [2.24, 2.45) is 0 Å². The highest BCUT2D eigenvalue weighted by atomic mass is 35.5. The van der Waals surface area contributed by atoms with Gasteiger partial charge in [0.25, 0.3) is 6.43 Å². The van der Waals surface area contributed by atoms with Gasteiger partial charge < -0.3 is 14.8 Å². The summed E-state index contributed by atoms with van der Waals surface area (Å²) in [6.07, 6.45) is -1.01. The number of rotatable bonds is 5. The predicted octanol–water partition coefficient (Wildman–Crippen LogP) is 3.45. The topological polar surface area (TPSA) is 56.3 Å². The number of hydrogen-bond acceptors (Lipinski definition) is 5. The highest BCUT2D eigenvalue weighted by Gasteiger charge is 2.17. The molecule has 22 heavy (non-hydrogen) atoms. The summed E-state index contributed by atoms with van der Waals surface area (Å²) in [6.45, 7) is 0.711. The largest absolute Gasteiger partial charge is 0.454 e. The summed E-state index contributed by atoms with van der Waals surface area (Å²) < 4.78 is 35.9. The van der Waals surface area contributed by atoms with E-state index in [9.17, 15) is 8.78 Å². The van der Waals surface area contributed by atoms with Crippen LogP contribution < -0.4 is 14.8 Å². The zero-order valence-electron chi connectivity index (χ0n) is 11.4. The molecular formula is C14H12ClF2N3O2. The molecule has 0 fully saturated rings. The van der Waals surface area contributed by atoms with Crippen LogP contribution in [0.15, 0.2) is 24.5 Å². The summed E-state index contributed by atoms with van der Waals surface area (Å²) in [6, 6.07) is 5.64. The second kappa shape index (κ2) is 6.31. The SMILES string of the molecule is FC(F)c1ncnc(NCCc2ccc3c(c2)OCO3)c1Cl. The second-order valence-corrected chi connectivity index (χ2v) is 4.96. The minimum atomic E-state index is -2.73. The van der Waals surface area contributed by atoms with Crippen LogP contribution in [0.2, 0.25) is 5.02 Å². The van der Waals surface area contributed by atoms with Crippen molar-refractivity contribution < 1.29 is 18.3 Å². The first-order valence-corrected chi connectivity index (χ1v) is 6.94. The van der Waals surface area contributed by atoms with Crippen molar-refractivity contribution in [2.45, 2.75) is 12.8 Å². The highest BCUT2D eigenvalue weighted by Crippen LogP contribution is 2.33. The van der Waals surface area contributed by atoms with Gasteiger partial charge in [-0.3, -0.25) is 0 Å². The Kier molecular flexibility index (Phi) is 4.24. The Morgan fingerprint density at radius 3 is 2.86 bits per heavy atom. The zero-order chi connectivity index (χ0) is 15.5. The van der Waals surface area contributed by atoms with Crippen LogP contribution in [-0.2, 0) is 6.42 Å². The third-order valence-electron chi connectivity index (χ3n) is 3.17. The Bertz CT molecular complexity index is 685. The van der Waals surface area contributed by atoms with E-state index in [0.717, 1.165) is 17.6 Å². The Morgan fingerprint density at radius 2 is 2.05 bits per heavy atom. The van der Waals surface area contributed by atoms with E-state index in [0.29, 0.717) is 18.7 Å². The molecule has 1 aromatic carbocycles. The van der Waals surface area contributed by atoms with Crippen molar-refractivity contribution in [2.75, 3.05) is 18.7 Å². The molecule has 3 rings (SSSR count). The van der Waals surface area contributed by atoms with Gasteiger partial charge in [-0.05, 0) is 24.1 Å². The molecule has 0 radical (unpaired) electrons. The van der Waals surface area contributed by atoms with Crippen molar-refractivity contribution >= 4 is 17.4 Å². The molecule has 0 atom stereocenters. The lowest BCUT2D eigenvalue weighted by Crippen LogP contribution is -2.08. The normalized spacial score (nSPS) is 12.7. The van der Waals surface area contributed by atoms with E-state index in [4.69, 9.17) is 21.1 Å². The average Bonchev–Trinajstić information content (AvgIpc) is 2.96. The minimum absolute atomic E-state index is 0.150. The number of fused-ring (bicyclic) bond motifs is 1. The van der Waals surface area contributed by atoms with Crippen LogP contribution in [0.1, 0.15) is 17.7 Å². The van der Waals surface area contributed by atoms with Crippen molar-refractivity contribution in [1.29, 1.82) is 0 Å². The van der Waals surface area contributed by atoms with Gasteiger partial charge in [0.05, 0.1) is 0 Å². The van der Waals surface area contributed by atoms with Gasteiger partial charge in [-0.15, -0.1) is 0 Å². The number of benzene rings is 1. The van der Waals surface area contributed by atoms with Crippen LogP contribution in [0.25, 0.3) is 0 Å². The third-order valence-corrected chi connectivity index (χ3v) is 3.54. The molecule has 5 nitrogen and oxygen atoms in total. The van der Waals surface area contributed by atoms with Gasteiger partial charge in [-0.25, -0.2) is 18.7 Å². The Balaban J connectivity index is 1.63. The molecule has 0 spiro atoms. The summed E-state index contributed by atoms with van der Waals surface area (Å²) in [5.41, 5.74) is 0.554. The van der Waals surface area contributed by atoms with Crippen LogP contribution in [0, 0.1) is 0 Å². The lowest BCUT2D eigenvalue weighted by Gasteiger charge is -2.09. The summed E-state index contributed by atoms with van der Waals surface area (Å²) >= 11 is 5.86.